The Morgan fingerprint density at radius 3 is 2.28 bits per heavy atom. The molecule has 0 spiro atoms. The van der Waals surface area contributed by atoms with E-state index < -0.39 is 30.5 Å². The van der Waals surface area contributed by atoms with Crippen molar-refractivity contribution in [3.8, 4) is 5.75 Å². The summed E-state index contributed by atoms with van der Waals surface area (Å²) >= 11 is 0. The molecule has 1 aromatic rings. The Balaban J connectivity index is 2.56. The van der Waals surface area contributed by atoms with E-state index >= 15 is 0 Å². The van der Waals surface area contributed by atoms with Gasteiger partial charge in [0, 0.05) is 0 Å². The van der Waals surface area contributed by atoms with Crippen LogP contribution in [-0.4, -0.2) is 44.2 Å². The number of methoxy groups -OCH3 is 1. The third-order valence-corrected chi connectivity index (χ3v) is 3.72. The summed E-state index contributed by atoms with van der Waals surface area (Å²) in [5.74, 6) is -1.17. The van der Waals surface area contributed by atoms with Crippen LogP contribution >= 0.6 is 0 Å². The van der Waals surface area contributed by atoms with Gasteiger partial charge in [-0.15, -0.1) is 0 Å². The van der Waals surface area contributed by atoms with Crippen molar-refractivity contribution in [2.24, 2.45) is 5.92 Å². The zero-order valence-electron chi connectivity index (χ0n) is 15.0. The van der Waals surface area contributed by atoms with Crippen LogP contribution < -0.4 is 10.1 Å². The Morgan fingerprint density at radius 1 is 1.12 bits per heavy atom. The van der Waals surface area contributed by atoms with Gasteiger partial charge in [0.25, 0.3) is 5.91 Å². The van der Waals surface area contributed by atoms with Gasteiger partial charge < -0.3 is 19.5 Å². The number of carbonyl (C=O) groups excluding carboxylic acids is 3. The van der Waals surface area contributed by atoms with Crippen LogP contribution in [0.2, 0.25) is 0 Å². The molecule has 7 heteroatoms. The summed E-state index contributed by atoms with van der Waals surface area (Å²) in [6.45, 7) is 5.64. The number of hydrogen-bond acceptors (Lipinski definition) is 6. The van der Waals surface area contributed by atoms with Crippen LogP contribution in [0.3, 0.4) is 0 Å². The average Bonchev–Trinajstić information content (AvgIpc) is 2.63. The quantitative estimate of drug-likeness (QED) is 0.684. The Bertz CT molecular complexity index is 584. The van der Waals surface area contributed by atoms with E-state index in [1.807, 2.05) is 20.8 Å². The van der Waals surface area contributed by atoms with Gasteiger partial charge in [0.2, 0.25) is 0 Å². The molecule has 2 unspecified atom stereocenters. The second kappa shape index (κ2) is 10.3. The third-order valence-electron chi connectivity index (χ3n) is 3.72. The molecular weight excluding hydrogens is 326 g/mol. The molecular formula is C18H25NO6. The first-order valence-electron chi connectivity index (χ1n) is 8.20. The van der Waals surface area contributed by atoms with Crippen LogP contribution in [0.5, 0.6) is 5.75 Å². The van der Waals surface area contributed by atoms with E-state index in [0.29, 0.717) is 24.3 Å². The number of nitrogens with one attached hydrogen (secondary N) is 1. The van der Waals surface area contributed by atoms with E-state index in [-0.39, 0.29) is 5.92 Å². The van der Waals surface area contributed by atoms with Crippen molar-refractivity contribution >= 4 is 17.8 Å². The molecule has 0 aliphatic rings. The predicted molar refractivity (Wildman–Crippen MR) is 91.3 cm³/mol. The molecule has 0 heterocycles. The number of esters is 2. The molecule has 0 aliphatic carbocycles. The fourth-order valence-electron chi connectivity index (χ4n) is 2.08. The lowest BCUT2D eigenvalue weighted by Crippen LogP contribution is -2.47. The van der Waals surface area contributed by atoms with Crippen molar-refractivity contribution in [2.45, 2.75) is 33.2 Å². The maximum atomic E-state index is 12.0. The normalized spacial score (nSPS) is 12.6. The Morgan fingerprint density at radius 2 is 1.76 bits per heavy atom. The maximum absolute atomic E-state index is 12.0. The van der Waals surface area contributed by atoms with Crippen molar-refractivity contribution in [3.05, 3.63) is 29.8 Å². The molecule has 1 aromatic carbocycles. The first-order chi connectivity index (χ1) is 11.9. The second-order valence-corrected chi connectivity index (χ2v) is 5.49. The summed E-state index contributed by atoms with van der Waals surface area (Å²) in [6, 6.07) is 5.64. The van der Waals surface area contributed by atoms with Crippen molar-refractivity contribution in [1.82, 2.24) is 5.32 Å². The number of benzene rings is 1. The van der Waals surface area contributed by atoms with Crippen LogP contribution in [-0.2, 0) is 19.1 Å². The number of hydrogen-bond donors (Lipinski definition) is 1. The fourth-order valence-corrected chi connectivity index (χ4v) is 2.08. The van der Waals surface area contributed by atoms with Gasteiger partial charge >= 0.3 is 11.9 Å². The highest BCUT2D eigenvalue weighted by molar-refractivity contribution is 5.92. The molecule has 0 bridgehead atoms. The van der Waals surface area contributed by atoms with E-state index in [4.69, 9.17) is 9.47 Å². The van der Waals surface area contributed by atoms with E-state index in [2.05, 4.69) is 10.1 Å². The van der Waals surface area contributed by atoms with Gasteiger partial charge in [-0.05, 0) is 37.1 Å². The van der Waals surface area contributed by atoms with Gasteiger partial charge in [-0.25, -0.2) is 9.59 Å². The maximum Gasteiger partial charge on any atom is 0.338 e. The number of ether oxygens (including phenoxy) is 3. The van der Waals surface area contributed by atoms with Gasteiger partial charge in [-0.1, -0.05) is 20.3 Å². The van der Waals surface area contributed by atoms with Crippen LogP contribution in [0.1, 0.15) is 37.6 Å². The molecule has 1 N–H and O–H groups in total. The lowest BCUT2D eigenvalue weighted by atomic mass is 9.99. The zero-order chi connectivity index (χ0) is 18.8. The highest BCUT2D eigenvalue weighted by Gasteiger charge is 2.27. The predicted octanol–water partition coefficient (Wildman–Crippen LogP) is 1.95. The molecule has 1 amide bonds. The topological polar surface area (TPSA) is 90.9 Å². The smallest absolute Gasteiger partial charge is 0.338 e. The van der Waals surface area contributed by atoms with Crippen LogP contribution in [0.15, 0.2) is 24.3 Å². The van der Waals surface area contributed by atoms with E-state index in [9.17, 15) is 14.4 Å². The average molecular weight is 351 g/mol. The van der Waals surface area contributed by atoms with E-state index in [0.717, 1.165) is 0 Å². The standard InChI is InChI=1S/C18H25NO6/c1-5-12(3)16(18(22)23-4)19-15(20)11-25-17(21)13-7-9-14(10-8-13)24-6-2/h7-10,12,16H,5-6,11H2,1-4H3,(H,19,20). The number of amides is 1. The number of rotatable bonds is 9. The summed E-state index contributed by atoms with van der Waals surface area (Å²) in [6.07, 6.45) is 0.687. The lowest BCUT2D eigenvalue weighted by Gasteiger charge is -2.21. The number of carbonyl (C=O) groups is 3. The summed E-state index contributed by atoms with van der Waals surface area (Å²) in [7, 11) is 1.26. The second-order valence-electron chi connectivity index (χ2n) is 5.49. The van der Waals surface area contributed by atoms with Crippen molar-refractivity contribution < 1.29 is 28.6 Å². The zero-order valence-corrected chi connectivity index (χ0v) is 15.0. The molecule has 0 aliphatic heterocycles. The van der Waals surface area contributed by atoms with E-state index in [1.54, 1.807) is 24.3 Å². The minimum atomic E-state index is -0.772. The van der Waals surface area contributed by atoms with Crippen molar-refractivity contribution in [2.75, 3.05) is 20.3 Å². The van der Waals surface area contributed by atoms with Gasteiger partial charge in [0.1, 0.15) is 11.8 Å². The molecule has 1 rings (SSSR count). The highest BCUT2D eigenvalue weighted by Crippen LogP contribution is 2.13. The highest BCUT2D eigenvalue weighted by atomic mass is 16.5. The molecule has 138 valence electrons. The molecule has 0 saturated heterocycles. The molecule has 25 heavy (non-hydrogen) atoms. The fraction of sp³-hybridized carbons (Fsp3) is 0.500. The van der Waals surface area contributed by atoms with Gasteiger partial charge in [0.05, 0.1) is 19.3 Å². The third kappa shape index (κ3) is 6.45. The Hall–Kier alpha value is -2.57. The minimum Gasteiger partial charge on any atom is -0.494 e. The minimum absolute atomic E-state index is 0.0989. The molecule has 0 fully saturated rings. The van der Waals surface area contributed by atoms with Crippen molar-refractivity contribution in [3.63, 3.8) is 0 Å². The van der Waals surface area contributed by atoms with Gasteiger partial charge in [-0.2, -0.15) is 0 Å². The largest absolute Gasteiger partial charge is 0.494 e. The lowest BCUT2D eigenvalue weighted by molar-refractivity contribution is -0.147. The summed E-state index contributed by atoms with van der Waals surface area (Å²) in [5, 5.41) is 2.54. The van der Waals surface area contributed by atoms with Crippen LogP contribution in [0, 0.1) is 5.92 Å². The Kier molecular flexibility index (Phi) is 8.46. The Labute approximate surface area is 147 Å². The molecule has 2 atom stereocenters. The SMILES string of the molecule is CCOc1ccc(C(=O)OCC(=O)NC(C(=O)OC)C(C)CC)cc1. The monoisotopic (exact) mass is 351 g/mol. The summed E-state index contributed by atoms with van der Waals surface area (Å²) in [5.41, 5.74) is 0.308. The summed E-state index contributed by atoms with van der Waals surface area (Å²) < 4.78 is 15.0. The molecule has 0 saturated carbocycles. The van der Waals surface area contributed by atoms with E-state index in [1.165, 1.54) is 7.11 Å². The van der Waals surface area contributed by atoms with Crippen molar-refractivity contribution in [1.29, 1.82) is 0 Å². The van der Waals surface area contributed by atoms with Crippen LogP contribution in [0.4, 0.5) is 0 Å². The summed E-state index contributed by atoms with van der Waals surface area (Å²) in [4.78, 5) is 35.6. The molecule has 0 aromatic heterocycles. The van der Waals surface area contributed by atoms with Gasteiger partial charge in [-0.3, -0.25) is 4.79 Å². The van der Waals surface area contributed by atoms with Crippen LogP contribution in [0.25, 0.3) is 0 Å². The molecule has 7 nitrogen and oxygen atoms in total. The first kappa shape index (κ1) is 20.5. The molecule has 0 radical (unpaired) electrons. The van der Waals surface area contributed by atoms with Gasteiger partial charge in [0.15, 0.2) is 6.61 Å². The first-order valence-corrected chi connectivity index (χ1v) is 8.20.